The zero-order valence-electron chi connectivity index (χ0n) is 22.1. The molecule has 4 aromatic rings. The maximum atomic E-state index is 13.2. The standard InChI is InChI=1S/C33H25ClN2O5/c1-19-5-4-7-25-30(19)32(39)36(31(25)38)23-15-11-20(12-16-23)28-17-26(24-6-2-3-8-27(24)35-28)33(40)41-18-29(37)21-9-13-22(34)14-10-21/h2-6,8-17,19,25,30H,7,18H2,1H3/t19-,25-,30+/m0/s1. The van der Waals surface area contributed by atoms with Crippen molar-refractivity contribution in [2.24, 2.45) is 17.8 Å². The molecule has 0 spiro atoms. The molecule has 6 rings (SSSR count). The van der Waals surface area contributed by atoms with Crippen LogP contribution in [0.3, 0.4) is 0 Å². The Labute approximate surface area is 241 Å². The number of carbonyl (C=O) groups excluding carboxylic acids is 4. The third kappa shape index (κ3) is 4.93. The van der Waals surface area contributed by atoms with Crippen molar-refractivity contribution < 1.29 is 23.9 Å². The number of ether oxygens (including phenoxy) is 1. The molecule has 2 aliphatic rings. The van der Waals surface area contributed by atoms with Crippen molar-refractivity contribution in [3.8, 4) is 11.3 Å². The van der Waals surface area contributed by atoms with E-state index in [9.17, 15) is 19.2 Å². The fraction of sp³-hybridized carbons (Fsp3) is 0.182. The maximum Gasteiger partial charge on any atom is 0.339 e. The van der Waals surface area contributed by atoms with E-state index in [1.165, 1.54) is 4.90 Å². The Morgan fingerprint density at radius 1 is 0.976 bits per heavy atom. The van der Waals surface area contributed by atoms with Gasteiger partial charge < -0.3 is 4.74 Å². The number of imide groups is 1. The van der Waals surface area contributed by atoms with E-state index in [1.807, 2.05) is 25.1 Å². The highest BCUT2D eigenvalue weighted by Gasteiger charge is 2.50. The normalized spacial score (nSPS) is 19.9. The van der Waals surface area contributed by atoms with Crippen molar-refractivity contribution in [1.29, 1.82) is 0 Å². The predicted octanol–water partition coefficient (Wildman–Crippen LogP) is 6.30. The van der Waals surface area contributed by atoms with Gasteiger partial charge >= 0.3 is 5.97 Å². The number of aromatic nitrogens is 1. The summed E-state index contributed by atoms with van der Waals surface area (Å²) >= 11 is 5.89. The summed E-state index contributed by atoms with van der Waals surface area (Å²) in [5.74, 6) is -2.00. The number of para-hydroxylation sites is 1. The van der Waals surface area contributed by atoms with Gasteiger partial charge in [-0.15, -0.1) is 0 Å². The van der Waals surface area contributed by atoms with Gasteiger partial charge in [0.1, 0.15) is 0 Å². The lowest BCUT2D eigenvalue weighted by molar-refractivity contribution is -0.122. The Morgan fingerprint density at radius 3 is 2.44 bits per heavy atom. The Kier molecular flexibility index (Phi) is 6.97. The van der Waals surface area contributed by atoms with Crippen LogP contribution in [0, 0.1) is 17.8 Å². The molecule has 2 amide bonds. The lowest BCUT2D eigenvalue weighted by atomic mass is 9.78. The van der Waals surface area contributed by atoms with Gasteiger partial charge in [0.2, 0.25) is 11.8 Å². The number of ketones is 1. The minimum absolute atomic E-state index is 0.0101. The summed E-state index contributed by atoms with van der Waals surface area (Å²) < 4.78 is 5.40. The van der Waals surface area contributed by atoms with Crippen LogP contribution in [0.5, 0.6) is 0 Å². The van der Waals surface area contributed by atoms with Gasteiger partial charge in [0.15, 0.2) is 12.4 Å². The van der Waals surface area contributed by atoms with E-state index >= 15 is 0 Å². The van der Waals surface area contributed by atoms with Crippen LogP contribution in [-0.2, 0) is 14.3 Å². The molecule has 1 aliphatic carbocycles. The van der Waals surface area contributed by atoms with Crippen LogP contribution in [0.25, 0.3) is 22.2 Å². The van der Waals surface area contributed by atoms with E-state index in [1.54, 1.807) is 72.8 Å². The highest BCUT2D eigenvalue weighted by molar-refractivity contribution is 6.30. The third-order valence-corrected chi connectivity index (χ3v) is 7.98. The van der Waals surface area contributed by atoms with Crippen LogP contribution >= 0.6 is 11.6 Å². The van der Waals surface area contributed by atoms with Gasteiger partial charge in [-0.2, -0.15) is 0 Å². The Morgan fingerprint density at radius 2 is 1.71 bits per heavy atom. The number of hydrogen-bond acceptors (Lipinski definition) is 6. The van der Waals surface area contributed by atoms with Crippen LogP contribution in [0.15, 0.2) is 91.0 Å². The molecule has 0 unspecified atom stereocenters. The van der Waals surface area contributed by atoms with Crippen LogP contribution in [0.2, 0.25) is 5.02 Å². The van der Waals surface area contributed by atoms with Crippen molar-refractivity contribution in [3.63, 3.8) is 0 Å². The van der Waals surface area contributed by atoms with Gasteiger partial charge in [-0.05, 0) is 60.9 Å². The summed E-state index contributed by atoms with van der Waals surface area (Å²) in [4.78, 5) is 58.0. The molecule has 1 aromatic heterocycles. The number of pyridine rings is 1. The molecule has 3 aromatic carbocycles. The summed E-state index contributed by atoms with van der Waals surface area (Å²) in [6.07, 6.45) is 4.55. The number of fused-ring (bicyclic) bond motifs is 2. The largest absolute Gasteiger partial charge is 0.454 e. The second kappa shape index (κ2) is 10.7. The summed E-state index contributed by atoms with van der Waals surface area (Å²) in [7, 11) is 0. The fourth-order valence-electron chi connectivity index (χ4n) is 5.60. The first-order valence-electron chi connectivity index (χ1n) is 13.3. The monoisotopic (exact) mass is 564 g/mol. The summed E-state index contributed by atoms with van der Waals surface area (Å²) in [6, 6.07) is 22.2. The van der Waals surface area contributed by atoms with E-state index in [0.29, 0.717) is 44.9 Å². The molecule has 1 saturated heterocycles. The number of nitrogens with zero attached hydrogens (tertiary/aromatic N) is 2. The number of esters is 1. The van der Waals surface area contributed by atoms with Crippen molar-refractivity contribution >= 4 is 51.8 Å². The number of amides is 2. The number of benzene rings is 3. The molecule has 7 nitrogen and oxygen atoms in total. The number of allylic oxidation sites excluding steroid dienone is 2. The van der Waals surface area contributed by atoms with Gasteiger partial charge in [0.25, 0.3) is 0 Å². The molecule has 0 N–H and O–H groups in total. The van der Waals surface area contributed by atoms with E-state index in [-0.39, 0.29) is 40.9 Å². The second-order valence-corrected chi connectivity index (χ2v) is 10.7. The average molecular weight is 565 g/mol. The topological polar surface area (TPSA) is 93.6 Å². The number of halogens is 1. The summed E-state index contributed by atoms with van der Waals surface area (Å²) in [6.45, 7) is 1.54. The molecule has 8 heteroatoms. The second-order valence-electron chi connectivity index (χ2n) is 10.3. The number of anilines is 1. The minimum atomic E-state index is -0.651. The maximum absolute atomic E-state index is 13.2. The zero-order valence-corrected chi connectivity index (χ0v) is 22.9. The van der Waals surface area contributed by atoms with Crippen LogP contribution in [0.4, 0.5) is 5.69 Å². The Bertz CT molecular complexity index is 1730. The van der Waals surface area contributed by atoms with Crippen LogP contribution in [-0.4, -0.2) is 35.2 Å². The van der Waals surface area contributed by atoms with Crippen LogP contribution in [0.1, 0.15) is 34.1 Å². The molecule has 3 atom stereocenters. The SMILES string of the molecule is C[C@H]1C=CC[C@@H]2C(=O)N(c3ccc(-c4cc(C(=O)OCC(=O)c5ccc(Cl)cc5)c5ccccc5n4)cc3)C(=O)[C@@H]21. The molecular formula is C33H25ClN2O5. The van der Waals surface area contributed by atoms with Crippen molar-refractivity contribution in [1.82, 2.24) is 4.98 Å². The molecule has 1 fully saturated rings. The first-order valence-corrected chi connectivity index (χ1v) is 13.7. The fourth-order valence-corrected chi connectivity index (χ4v) is 5.73. The van der Waals surface area contributed by atoms with Gasteiger partial charge in [0.05, 0.1) is 34.3 Å². The quantitative estimate of drug-likeness (QED) is 0.118. The molecule has 0 bridgehead atoms. The van der Waals surface area contributed by atoms with Crippen molar-refractivity contribution in [2.45, 2.75) is 13.3 Å². The molecular weight excluding hydrogens is 540 g/mol. The Balaban J connectivity index is 1.26. The first kappa shape index (κ1) is 26.6. The summed E-state index contributed by atoms with van der Waals surface area (Å²) in [5, 5.41) is 1.10. The van der Waals surface area contributed by atoms with Gasteiger partial charge in [0, 0.05) is 21.5 Å². The van der Waals surface area contributed by atoms with E-state index in [0.717, 1.165) is 0 Å². The van der Waals surface area contributed by atoms with Gasteiger partial charge in [-0.3, -0.25) is 19.3 Å². The van der Waals surface area contributed by atoms with Crippen molar-refractivity contribution in [2.75, 3.05) is 11.5 Å². The number of rotatable bonds is 6. The predicted molar refractivity (Wildman–Crippen MR) is 156 cm³/mol. The van der Waals surface area contributed by atoms with E-state index < -0.39 is 12.6 Å². The molecule has 1 aliphatic heterocycles. The molecule has 2 heterocycles. The van der Waals surface area contributed by atoms with E-state index in [4.69, 9.17) is 21.3 Å². The number of carbonyl (C=O) groups is 4. The van der Waals surface area contributed by atoms with Gasteiger partial charge in [-0.1, -0.05) is 61.0 Å². The van der Waals surface area contributed by atoms with E-state index in [2.05, 4.69) is 0 Å². The molecule has 41 heavy (non-hydrogen) atoms. The lowest BCUT2D eigenvalue weighted by Gasteiger charge is -2.22. The molecule has 204 valence electrons. The highest BCUT2D eigenvalue weighted by Crippen LogP contribution is 2.40. The zero-order chi connectivity index (χ0) is 28.7. The average Bonchev–Trinajstić information content (AvgIpc) is 3.25. The summed E-state index contributed by atoms with van der Waals surface area (Å²) in [5.41, 5.74) is 2.96. The molecule has 0 radical (unpaired) electrons. The van der Waals surface area contributed by atoms with Gasteiger partial charge in [-0.25, -0.2) is 9.78 Å². The number of Topliss-reactive ketones (excluding diaryl/α,β-unsaturated/α-hetero) is 1. The first-order chi connectivity index (χ1) is 19.8. The highest BCUT2D eigenvalue weighted by atomic mass is 35.5. The number of hydrogen-bond donors (Lipinski definition) is 0. The van der Waals surface area contributed by atoms with Crippen molar-refractivity contribution in [3.05, 3.63) is 107 Å². The smallest absolute Gasteiger partial charge is 0.339 e. The molecule has 0 saturated carbocycles. The Hall–Kier alpha value is -4.62. The minimum Gasteiger partial charge on any atom is -0.454 e. The lowest BCUT2D eigenvalue weighted by Crippen LogP contribution is -2.31. The third-order valence-electron chi connectivity index (χ3n) is 7.73. The van der Waals surface area contributed by atoms with Crippen LogP contribution < -0.4 is 4.90 Å².